The standard InChI is InChI=1S/C18H26N4O3/c1-20(2)15-6-5-14(11-16(15)22(24)25)17(23)21-10-4-8-18(13-21)7-3-9-19-12-18/h5-6,11,19H,3-4,7-10,12-13H2,1-2H3. The zero-order chi connectivity index (χ0) is 18.0. The summed E-state index contributed by atoms with van der Waals surface area (Å²) in [5.74, 6) is -0.0990. The van der Waals surface area contributed by atoms with Crippen LogP contribution in [0.3, 0.4) is 0 Å². The first-order valence-corrected chi connectivity index (χ1v) is 8.88. The second-order valence-corrected chi connectivity index (χ2v) is 7.47. The lowest BCUT2D eigenvalue weighted by atomic mass is 9.74. The average Bonchev–Trinajstić information content (AvgIpc) is 2.61. The van der Waals surface area contributed by atoms with E-state index in [0.717, 1.165) is 51.9 Å². The molecular weight excluding hydrogens is 320 g/mol. The van der Waals surface area contributed by atoms with Gasteiger partial charge >= 0.3 is 0 Å². The van der Waals surface area contributed by atoms with Crippen molar-refractivity contribution in [2.75, 3.05) is 45.2 Å². The van der Waals surface area contributed by atoms with Crippen molar-refractivity contribution in [2.24, 2.45) is 5.41 Å². The lowest BCUT2D eigenvalue weighted by molar-refractivity contribution is -0.384. The highest BCUT2D eigenvalue weighted by molar-refractivity contribution is 5.96. The predicted octanol–water partition coefficient (Wildman–Crippen LogP) is 2.27. The zero-order valence-corrected chi connectivity index (χ0v) is 15.0. The fourth-order valence-electron chi connectivity index (χ4n) is 4.12. The lowest BCUT2D eigenvalue weighted by Crippen LogP contribution is -2.52. The lowest BCUT2D eigenvalue weighted by Gasteiger charge is -2.45. The molecule has 2 heterocycles. The second-order valence-electron chi connectivity index (χ2n) is 7.47. The number of carbonyl (C=O) groups is 1. The van der Waals surface area contributed by atoms with Gasteiger partial charge in [0, 0.05) is 50.8 Å². The molecule has 7 nitrogen and oxygen atoms in total. The number of anilines is 1. The molecule has 2 aliphatic rings. The van der Waals surface area contributed by atoms with Crippen molar-refractivity contribution in [2.45, 2.75) is 25.7 Å². The van der Waals surface area contributed by atoms with Gasteiger partial charge in [-0.1, -0.05) is 0 Å². The monoisotopic (exact) mass is 346 g/mol. The highest BCUT2D eigenvalue weighted by Gasteiger charge is 2.38. The molecule has 0 saturated carbocycles. The van der Waals surface area contributed by atoms with Crippen LogP contribution < -0.4 is 10.2 Å². The molecule has 2 saturated heterocycles. The molecule has 2 fully saturated rings. The molecule has 1 aromatic rings. The van der Waals surface area contributed by atoms with E-state index in [-0.39, 0.29) is 17.0 Å². The van der Waals surface area contributed by atoms with E-state index in [4.69, 9.17) is 0 Å². The van der Waals surface area contributed by atoms with Crippen molar-refractivity contribution in [3.8, 4) is 0 Å². The van der Waals surface area contributed by atoms with Gasteiger partial charge in [-0.05, 0) is 44.4 Å². The van der Waals surface area contributed by atoms with Crippen molar-refractivity contribution >= 4 is 17.3 Å². The predicted molar refractivity (Wildman–Crippen MR) is 97.1 cm³/mol. The van der Waals surface area contributed by atoms with Crippen LogP contribution in [0.2, 0.25) is 0 Å². The number of likely N-dealkylation sites (tertiary alicyclic amines) is 1. The van der Waals surface area contributed by atoms with Gasteiger partial charge in [0.2, 0.25) is 0 Å². The third-order valence-corrected chi connectivity index (χ3v) is 5.41. The number of carbonyl (C=O) groups excluding carboxylic acids is 1. The molecule has 2 aliphatic heterocycles. The molecule has 0 aromatic heterocycles. The molecule has 0 bridgehead atoms. The number of nitrogens with one attached hydrogen (secondary N) is 1. The Labute approximate surface area is 148 Å². The van der Waals surface area contributed by atoms with Crippen LogP contribution >= 0.6 is 0 Å². The van der Waals surface area contributed by atoms with Gasteiger partial charge in [0.15, 0.2) is 0 Å². The van der Waals surface area contributed by atoms with Crippen LogP contribution in [0, 0.1) is 15.5 Å². The molecule has 3 rings (SSSR count). The summed E-state index contributed by atoms with van der Waals surface area (Å²) in [6.07, 6.45) is 4.42. The summed E-state index contributed by atoms with van der Waals surface area (Å²) >= 11 is 0. The Bertz CT molecular complexity index is 663. The van der Waals surface area contributed by atoms with Gasteiger partial charge in [-0.15, -0.1) is 0 Å². The van der Waals surface area contributed by atoms with E-state index in [1.807, 2.05) is 4.90 Å². The van der Waals surface area contributed by atoms with Crippen molar-refractivity contribution < 1.29 is 9.72 Å². The first-order chi connectivity index (χ1) is 11.9. The quantitative estimate of drug-likeness (QED) is 0.671. The third-order valence-electron chi connectivity index (χ3n) is 5.41. The van der Waals surface area contributed by atoms with Crippen molar-refractivity contribution in [1.82, 2.24) is 10.2 Å². The Morgan fingerprint density at radius 3 is 2.72 bits per heavy atom. The molecule has 136 valence electrons. The molecule has 1 aromatic carbocycles. The van der Waals surface area contributed by atoms with Gasteiger partial charge in [0.1, 0.15) is 5.69 Å². The smallest absolute Gasteiger partial charge is 0.293 e. The van der Waals surface area contributed by atoms with E-state index in [1.165, 1.54) is 6.07 Å². The Balaban J connectivity index is 1.82. The fourth-order valence-corrected chi connectivity index (χ4v) is 4.12. The Hall–Kier alpha value is -2.15. The van der Waals surface area contributed by atoms with Crippen LogP contribution in [-0.2, 0) is 0 Å². The minimum absolute atomic E-state index is 0.0260. The molecule has 1 amide bonds. The molecule has 7 heteroatoms. The van der Waals surface area contributed by atoms with Gasteiger partial charge in [-0.3, -0.25) is 14.9 Å². The highest BCUT2D eigenvalue weighted by Crippen LogP contribution is 2.37. The minimum atomic E-state index is -0.422. The number of hydrogen-bond acceptors (Lipinski definition) is 5. The maximum atomic E-state index is 13.0. The average molecular weight is 346 g/mol. The summed E-state index contributed by atoms with van der Waals surface area (Å²) in [7, 11) is 3.52. The first-order valence-electron chi connectivity index (χ1n) is 8.88. The molecule has 1 atom stereocenters. The summed E-state index contributed by atoms with van der Waals surface area (Å²) in [6.45, 7) is 3.47. The van der Waals surface area contributed by atoms with Crippen molar-refractivity contribution in [3.05, 3.63) is 33.9 Å². The molecule has 0 aliphatic carbocycles. The van der Waals surface area contributed by atoms with Crippen LogP contribution in [0.5, 0.6) is 0 Å². The second kappa shape index (κ2) is 7.00. The number of hydrogen-bond donors (Lipinski definition) is 1. The summed E-state index contributed by atoms with van der Waals surface area (Å²) < 4.78 is 0. The number of nitro groups is 1. The highest BCUT2D eigenvalue weighted by atomic mass is 16.6. The number of nitrogens with zero attached hydrogens (tertiary/aromatic N) is 3. The molecule has 1 unspecified atom stereocenters. The Morgan fingerprint density at radius 1 is 1.32 bits per heavy atom. The summed E-state index contributed by atoms with van der Waals surface area (Å²) in [6, 6.07) is 4.77. The number of rotatable bonds is 3. The maximum absolute atomic E-state index is 13.0. The molecule has 25 heavy (non-hydrogen) atoms. The Kier molecular flexibility index (Phi) is 4.94. The van der Waals surface area contributed by atoms with Crippen LogP contribution in [0.25, 0.3) is 0 Å². The van der Waals surface area contributed by atoms with Crippen molar-refractivity contribution in [1.29, 1.82) is 0 Å². The topological polar surface area (TPSA) is 78.7 Å². The van der Waals surface area contributed by atoms with Gasteiger partial charge in [0.05, 0.1) is 4.92 Å². The number of amides is 1. The van der Waals surface area contributed by atoms with E-state index >= 15 is 0 Å². The largest absolute Gasteiger partial charge is 0.372 e. The summed E-state index contributed by atoms with van der Waals surface area (Å²) in [5, 5.41) is 14.8. The van der Waals surface area contributed by atoms with Crippen LogP contribution in [0.15, 0.2) is 18.2 Å². The van der Waals surface area contributed by atoms with E-state index in [2.05, 4.69) is 5.32 Å². The van der Waals surface area contributed by atoms with E-state index in [9.17, 15) is 14.9 Å². The number of nitro benzene ring substituents is 1. The van der Waals surface area contributed by atoms with Crippen LogP contribution in [-0.4, -0.2) is 56.0 Å². The van der Waals surface area contributed by atoms with Crippen LogP contribution in [0.4, 0.5) is 11.4 Å². The third kappa shape index (κ3) is 3.61. The van der Waals surface area contributed by atoms with Gasteiger partial charge in [-0.25, -0.2) is 0 Å². The zero-order valence-electron chi connectivity index (χ0n) is 15.0. The molecule has 1 N–H and O–H groups in total. The SMILES string of the molecule is CN(C)c1ccc(C(=O)N2CCCC3(CCCNC3)C2)cc1[N+](=O)[O-]. The molecule has 1 spiro atoms. The Morgan fingerprint density at radius 2 is 2.08 bits per heavy atom. The van der Waals surface area contributed by atoms with Gasteiger partial charge in [-0.2, -0.15) is 0 Å². The fraction of sp³-hybridized carbons (Fsp3) is 0.611. The van der Waals surface area contributed by atoms with Gasteiger partial charge in [0.25, 0.3) is 11.6 Å². The van der Waals surface area contributed by atoms with E-state index in [0.29, 0.717) is 11.3 Å². The molecular formula is C18H26N4O3. The normalized spacial score (nSPS) is 23.5. The van der Waals surface area contributed by atoms with Gasteiger partial charge < -0.3 is 15.1 Å². The first kappa shape index (κ1) is 17.7. The van der Waals surface area contributed by atoms with Crippen LogP contribution in [0.1, 0.15) is 36.0 Å². The van der Waals surface area contributed by atoms with E-state index in [1.54, 1.807) is 31.1 Å². The number of benzene rings is 1. The molecule has 0 radical (unpaired) electrons. The summed E-state index contributed by atoms with van der Waals surface area (Å²) in [4.78, 5) is 27.5. The minimum Gasteiger partial charge on any atom is -0.372 e. The number of piperidine rings is 2. The van der Waals surface area contributed by atoms with Crippen molar-refractivity contribution in [3.63, 3.8) is 0 Å². The summed E-state index contributed by atoms with van der Waals surface area (Å²) in [5.41, 5.74) is 1.05. The maximum Gasteiger partial charge on any atom is 0.293 e. The van der Waals surface area contributed by atoms with E-state index < -0.39 is 4.92 Å².